The van der Waals surface area contributed by atoms with Crippen LogP contribution in [0.1, 0.15) is 127 Å². The summed E-state index contributed by atoms with van der Waals surface area (Å²) in [4.78, 5) is 58.7. The molecule has 4 saturated carbocycles. The minimum Gasteiger partial charge on any atom is -0.462 e. The normalized spacial score (nSPS) is 35.0. The number of nitrogens with one attached hydrogen (secondary N) is 2. The van der Waals surface area contributed by atoms with Crippen LogP contribution in [0.15, 0.2) is 29.6 Å². The van der Waals surface area contributed by atoms with Crippen molar-refractivity contribution in [1.29, 1.82) is 0 Å². The zero-order valence-electron chi connectivity index (χ0n) is 32.8. The Labute approximate surface area is 305 Å². The van der Waals surface area contributed by atoms with Crippen molar-refractivity contribution < 1.29 is 29.0 Å². The first kappa shape index (κ1) is 40.6. The van der Waals surface area contributed by atoms with Crippen molar-refractivity contribution in [2.75, 3.05) is 12.4 Å². The Morgan fingerprint density at radius 2 is 1.61 bits per heavy atom. The minimum atomic E-state index is -0.761. The standard InChI is InChI=1S/C40H60N4O5.CH4O/c1-25(2)26(3)33-27-11-12-30-38(8,28(27)13-18-40(33,19-22-45)44-35(48)43-34-41-20-10-21-42-34)16-14-29-37(6,7)31(15-17-39(29,30)9)49-32(47)23-36(4,5)24-46;1-2/h10,20-22,24-25,27-31H,11-19,23H2,1-9H3,(H2,41,42,43,44,48);2H,1H3/b33-26+;. The van der Waals surface area contributed by atoms with Crippen LogP contribution >= 0.6 is 0 Å². The molecule has 284 valence electrons. The number of esters is 1. The highest BCUT2D eigenvalue weighted by molar-refractivity contribution is 5.88. The summed E-state index contributed by atoms with van der Waals surface area (Å²) in [6, 6.07) is 1.32. The molecule has 2 amide bonds. The number of allylic oxidation sites excluding steroid dienone is 1. The first-order chi connectivity index (χ1) is 23.9. The van der Waals surface area contributed by atoms with E-state index in [0.29, 0.717) is 24.2 Å². The van der Waals surface area contributed by atoms with Crippen molar-refractivity contribution >= 4 is 30.5 Å². The highest BCUT2D eigenvalue weighted by atomic mass is 16.5. The molecular formula is C41H64N4O6. The molecule has 10 nitrogen and oxygen atoms in total. The molecule has 1 aromatic rings. The number of urea groups is 1. The molecular weight excluding hydrogens is 644 g/mol. The molecule has 4 aliphatic carbocycles. The van der Waals surface area contributed by atoms with Crippen LogP contribution < -0.4 is 10.6 Å². The van der Waals surface area contributed by atoms with E-state index in [-0.39, 0.29) is 65.0 Å². The number of nitrogens with zero attached hydrogens (tertiary/aromatic N) is 2. The van der Waals surface area contributed by atoms with Crippen molar-refractivity contribution in [3.8, 4) is 0 Å². The zero-order valence-corrected chi connectivity index (χ0v) is 32.8. The predicted molar refractivity (Wildman–Crippen MR) is 199 cm³/mol. The number of rotatable bonds is 9. The summed E-state index contributed by atoms with van der Waals surface area (Å²) in [5.41, 5.74) is 1.08. The van der Waals surface area contributed by atoms with Gasteiger partial charge in [0.05, 0.1) is 12.0 Å². The van der Waals surface area contributed by atoms with Gasteiger partial charge < -0.3 is 24.7 Å². The van der Waals surface area contributed by atoms with E-state index in [1.54, 1.807) is 32.3 Å². The van der Waals surface area contributed by atoms with Gasteiger partial charge in [-0.2, -0.15) is 0 Å². The molecule has 4 fully saturated rings. The van der Waals surface area contributed by atoms with E-state index >= 15 is 0 Å². The van der Waals surface area contributed by atoms with Crippen LogP contribution in [-0.2, 0) is 19.1 Å². The summed E-state index contributed by atoms with van der Waals surface area (Å²) in [5.74, 6) is 1.88. The van der Waals surface area contributed by atoms with Gasteiger partial charge >= 0.3 is 12.0 Å². The summed E-state index contributed by atoms with van der Waals surface area (Å²) in [6.07, 6.45) is 13.0. The number of aliphatic hydroxyl groups excluding tert-OH is 1. The molecule has 3 N–H and O–H groups in total. The molecule has 1 aromatic heterocycles. The molecule has 8 unspecified atom stereocenters. The Hall–Kier alpha value is -3.14. The molecule has 10 heteroatoms. The summed E-state index contributed by atoms with van der Waals surface area (Å²) < 4.78 is 6.18. The first-order valence-corrected chi connectivity index (χ1v) is 19.1. The molecule has 1 heterocycles. The van der Waals surface area contributed by atoms with Gasteiger partial charge in [0.25, 0.3) is 0 Å². The van der Waals surface area contributed by atoms with E-state index in [4.69, 9.17) is 9.84 Å². The van der Waals surface area contributed by atoms with Gasteiger partial charge in [-0.05, 0) is 110 Å². The van der Waals surface area contributed by atoms with E-state index < -0.39 is 11.0 Å². The number of hydrogen-bond donors (Lipinski definition) is 3. The average molecular weight is 709 g/mol. The summed E-state index contributed by atoms with van der Waals surface area (Å²) in [6.45, 7) is 19.8. The van der Waals surface area contributed by atoms with E-state index in [2.05, 4.69) is 69.1 Å². The van der Waals surface area contributed by atoms with Crippen LogP contribution in [0.25, 0.3) is 0 Å². The summed E-state index contributed by atoms with van der Waals surface area (Å²) in [5, 5.41) is 13.1. The second-order valence-corrected chi connectivity index (χ2v) is 18.0. The number of hydrogen-bond acceptors (Lipinski definition) is 8. The lowest BCUT2D eigenvalue weighted by Gasteiger charge is -2.69. The Morgan fingerprint density at radius 3 is 2.22 bits per heavy atom. The van der Waals surface area contributed by atoms with Crippen LogP contribution in [0.3, 0.4) is 0 Å². The monoisotopic (exact) mass is 708 g/mol. The van der Waals surface area contributed by atoms with Crippen LogP contribution in [0, 0.1) is 51.2 Å². The van der Waals surface area contributed by atoms with Gasteiger partial charge in [-0.15, -0.1) is 0 Å². The summed E-state index contributed by atoms with van der Waals surface area (Å²) in [7, 11) is 1.00. The smallest absolute Gasteiger partial charge is 0.322 e. The maximum Gasteiger partial charge on any atom is 0.322 e. The fourth-order valence-corrected chi connectivity index (χ4v) is 11.5. The second-order valence-electron chi connectivity index (χ2n) is 18.0. The Morgan fingerprint density at radius 1 is 0.961 bits per heavy atom. The maximum absolute atomic E-state index is 13.5. The lowest BCUT2D eigenvalue weighted by atomic mass is 9.36. The van der Waals surface area contributed by atoms with Crippen molar-refractivity contribution in [3.05, 3.63) is 29.6 Å². The van der Waals surface area contributed by atoms with Crippen LogP contribution in [0.2, 0.25) is 0 Å². The molecule has 0 aliphatic heterocycles. The lowest BCUT2D eigenvalue weighted by molar-refractivity contribution is -0.213. The summed E-state index contributed by atoms with van der Waals surface area (Å²) >= 11 is 0. The number of carbonyl (C=O) groups excluding carboxylic acids is 4. The SMILES string of the molecule is C/C(=C1/C2CCC3C(C)(CCC4C(C)(C)C(OC(=O)CC(C)(C)C=O)CCC43C)C2CCC1(CC=O)NC(=O)Nc1ncccn1)C(C)C.CO. The van der Waals surface area contributed by atoms with Gasteiger partial charge in [0, 0.05) is 36.8 Å². The third-order valence-corrected chi connectivity index (χ3v) is 14.0. The molecule has 5 rings (SSSR count). The van der Waals surface area contributed by atoms with Gasteiger partial charge in [0.2, 0.25) is 5.95 Å². The van der Waals surface area contributed by atoms with E-state index in [9.17, 15) is 19.2 Å². The molecule has 0 spiro atoms. The molecule has 4 aliphatic rings. The minimum absolute atomic E-state index is 0.0998. The highest BCUT2D eigenvalue weighted by Crippen LogP contribution is 2.71. The van der Waals surface area contributed by atoms with Gasteiger partial charge in [-0.1, -0.05) is 61.0 Å². The van der Waals surface area contributed by atoms with Crippen molar-refractivity contribution in [2.24, 2.45) is 51.2 Å². The van der Waals surface area contributed by atoms with E-state index in [1.807, 2.05) is 0 Å². The Balaban J connectivity index is 0.00000286. The second kappa shape index (κ2) is 15.5. The number of ether oxygens (including phenoxy) is 1. The third kappa shape index (κ3) is 7.67. The average Bonchev–Trinajstić information content (AvgIpc) is 3.06. The Kier molecular flexibility index (Phi) is 12.3. The van der Waals surface area contributed by atoms with Crippen LogP contribution in [-0.4, -0.2) is 58.4 Å². The number of aldehydes is 2. The quantitative estimate of drug-likeness (QED) is 0.134. The van der Waals surface area contributed by atoms with Gasteiger partial charge in [-0.25, -0.2) is 14.8 Å². The van der Waals surface area contributed by atoms with E-state index in [1.165, 1.54) is 11.1 Å². The van der Waals surface area contributed by atoms with Crippen LogP contribution in [0.4, 0.5) is 10.7 Å². The largest absolute Gasteiger partial charge is 0.462 e. The van der Waals surface area contributed by atoms with Gasteiger partial charge in [-0.3, -0.25) is 10.1 Å². The first-order valence-electron chi connectivity index (χ1n) is 19.1. The Bertz CT molecular complexity index is 1460. The number of amides is 2. The van der Waals surface area contributed by atoms with Crippen molar-refractivity contribution in [2.45, 2.75) is 138 Å². The molecule has 8 atom stereocenters. The van der Waals surface area contributed by atoms with Gasteiger partial charge in [0.1, 0.15) is 18.7 Å². The zero-order chi connectivity index (χ0) is 38.0. The number of carbonyl (C=O) groups is 4. The third-order valence-electron chi connectivity index (χ3n) is 14.0. The van der Waals surface area contributed by atoms with Crippen molar-refractivity contribution in [1.82, 2.24) is 15.3 Å². The molecule has 0 aromatic carbocycles. The number of aromatic nitrogens is 2. The van der Waals surface area contributed by atoms with Gasteiger partial charge in [0.15, 0.2) is 0 Å². The molecule has 0 bridgehead atoms. The lowest BCUT2D eigenvalue weighted by Crippen LogP contribution is -2.65. The molecule has 0 radical (unpaired) electrons. The number of fused-ring (bicyclic) bond motifs is 5. The predicted octanol–water partition coefficient (Wildman–Crippen LogP) is 7.71. The number of aliphatic hydroxyl groups is 1. The highest BCUT2D eigenvalue weighted by Gasteiger charge is 2.66. The van der Waals surface area contributed by atoms with Crippen LogP contribution in [0.5, 0.6) is 0 Å². The number of anilines is 1. The topological polar surface area (TPSA) is 148 Å². The van der Waals surface area contributed by atoms with Crippen molar-refractivity contribution in [3.63, 3.8) is 0 Å². The van der Waals surface area contributed by atoms with E-state index in [0.717, 1.165) is 64.6 Å². The molecule has 0 saturated heterocycles. The fraction of sp³-hybridized carbons (Fsp3) is 0.756. The maximum atomic E-state index is 13.5. The fourth-order valence-electron chi connectivity index (χ4n) is 11.5. The molecule has 51 heavy (non-hydrogen) atoms.